The largest absolute Gasteiger partial charge is 0.432 e. The molecule has 1 aliphatic rings. The van der Waals surface area contributed by atoms with Crippen LogP contribution in [0.2, 0.25) is 0 Å². The highest BCUT2D eigenvalue weighted by molar-refractivity contribution is 5.72. The van der Waals surface area contributed by atoms with E-state index in [9.17, 15) is 30.7 Å². The Morgan fingerprint density at radius 3 is 1.75 bits per heavy atom. The van der Waals surface area contributed by atoms with Gasteiger partial charge in [0.2, 0.25) is 0 Å². The van der Waals surface area contributed by atoms with Crippen LogP contribution in [0.3, 0.4) is 0 Å². The molecule has 230 valence electrons. The van der Waals surface area contributed by atoms with Crippen molar-refractivity contribution in [2.75, 3.05) is 0 Å². The molecule has 44 heavy (non-hydrogen) atoms. The highest BCUT2D eigenvalue weighted by atomic mass is 19.3. The van der Waals surface area contributed by atoms with E-state index >= 15 is 8.78 Å². The van der Waals surface area contributed by atoms with Gasteiger partial charge in [-0.25, -0.2) is 30.7 Å². The van der Waals surface area contributed by atoms with Gasteiger partial charge in [-0.05, 0) is 85.4 Å². The first-order valence-corrected chi connectivity index (χ1v) is 13.8. The highest BCUT2D eigenvalue weighted by Gasteiger charge is 2.41. The Hall–Kier alpha value is -4.21. The lowest BCUT2D eigenvalue weighted by Gasteiger charge is -2.27. The summed E-state index contributed by atoms with van der Waals surface area (Å²) < 4.78 is 133. The molecule has 10 heteroatoms. The van der Waals surface area contributed by atoms with E-state index in [0.717, 1.165) is 43.4 Å². The fourth-order valence-electron chi connectivity index (χ4n) is 5.65. The van der Waals surface area contributed by atoms with Crippen LogP contribution < -0.4 is 4.74 Å². The maximum atomic E-state index is 15.2. The second kappa shape index (κ2) is 12.4. The quantitative estimate of drug-likeness (QED) is 0.114. The normalized spacial score (nSPS) is 17.3. The van der Waals surface area contributed by atoms with Crippen LogP contribution in [0.15, 0.2) is 72.8 Å². The Labute approximate surface area is 247 Å². The molecule has 0 amide bonds. The molecule has 5 rings (SSSR count). The number of halogens is 9. The van der Waals surface area contributed by atoms with Gasteiger partial charge in [0.25, 0.3) is 0 Å². The van der Waals surface area contributed by atoms with Crippen LogP contribution in [-0.2, 0) is 6.11 Å². The van der Waals surface area contributed by atoms with Crippen LogP contribution in [0.5, 0.6) is 5.75 Å². The number of benzene rings is 4. The minimum Gasteiger partial charge on any atom is -0.429 e. The monoisotopic (exact) mass is 620 g/mol. The molecule has 0 N–H and O–H groups in total. The minimum atomic E-state index is -4.79. The van der Waals surface area contributed by atoms with E-state index in [1.807, 2.05) is 13.0 Å². The fourth-order valence-corrected chi connectivity index (χ4v) is 5.65. The summed E-state index contributed by atoms with van der Waals surface area (Å²) in [6.45, 7) is 1.98. The number of hydrogen-bond acceptors (Lipinski definition) is 1. The van der Waals surface area contributed by atoms with E-state index in [1.54, 1.807) is 12.1 Å². The van der Waals surface area contributed by atoms with Gasteiger partial charge in [0.1, 0.15) is 34.6 Å². The molecule has 0 unspecified atom stereocenters. The third-order valence-corrected chi connectivity index (χ3v) is 7.83. The minimum absolute atomic E-state index is 0.0836. The maximum absolute atomic E-state index is 15.2. The first-order valence-electron chi connectivity index (χ1n) is 13.8. The number of allylic oxidation sites excluding steroid dienone is 2. The lowest BCUT2D eigenvalue weighted by atomic mass is 9.78. The fraction of sp³-hybridized carbons (Fsp3) is 0.235. The van der Waals surface area contributed by atoms with Crippen LogP contribution in [0.1, 0.15) is 49.7 Å². The summed E-state index contributed by atoms with van der Waals surface area (Å²) in [5.41, 5.74) is -1.61. The third-order valence-electron chi connectivity index (χ3n) is 7.83. The average Bonchev–Trinajstić information content (AvgIpc) is 2.95. The summed E-state index contributed by atoms with van der Waals surface area (Å²) >= 11 is 0. The van der Waals surface area contributed by atoms with E-state index in [1.165, 1.54) is 12.1 Å². The van der Waals surface area contributed by atoms with Crippen molar-refractivity contribution >= 4 is 0 Å². The molecule has 0 spiro atoms. The first-order chi connectivity index (χ1) is 20.9. The molecule has 1 saturated carbocycles. The molecule has 0 saturated heterocycles. The van der Waals surface area contributed by atoms with Crippen molar-refractivity contribution in [3.63, 3.8) is 0 Å². The van der Waals surface area contributed by atoms with E-state index < -0.39 is 63.7 Å². The molecule has 0 aliphatic heterocycles. The van der Waals surface area contributed by atoms with Crippen molar-refractivity contribution in [1.82, 2.24) is 0 Å². The predicted octanol–water partition coefficient (Wildman–Crippen LogP) is 11.0. The molecule has 4 aromatic carbocycles. The second-order valence-electron chi connectivity index (χ2n) is 10.7. The molecule has 4 aromatic rings. The lowest BCUT2D eigenvalue weighted by molar-refractivity contribution is -0.189. The molecule has 0 atom stereocenters. The zero-order valence-corrected chi connectivity index (χ0v) is 23.2. The molecule has 1 aliphatic carbocycles. The van der Waals surface area contributed by atoms with Crippen molar-refractivity contribution < 1.29 is 44.3 Å². The van der Waals surface area contributed by atoms with E-state index in [4.69, 9.17) is 0 Å². The summed E-state index contributed by atoms with van der Waals surface area (Å²) in [7, 11) is 0. The van der Waals surface area contributed by atoms with E-state index in [-0.39, 0.29) is 34.7 Å². The lowest BCUT2D eigenvalue weighted by Crippen LogP contribution is -2.25. The molecule has 0 aromatic heterocycles. The molecular formula is C34H25F9O. The van der Waals surface area contributed by atoms with Crippen molar-refractivity contribution in [2.45, 2.75) is 44.6 Å². The highest BCUT2D eigenvalue weighted by Crippen LogP contribution is 2.40. The summed E-state index contributed by atoms with van der Waals surface area (Å²) in [5.74, 6) is -11.4. The summed E-state index contributed by atoms with van der Waals surface area (Å²) in [5, 5.41) is 0. The molecule has 0 heterocycles. The summed E-state index contributed by atoms with van der Waals surface area (Å²) in [4.78, 5) is 0. The van der Waals surface area contributed by atoms with Gasteiger partial charge in [-0.2, -0.15) is 8.78 Å². The van der Waals surface area contributed by atoms with Crippen molar-refractivity contribution in [1.29, 1.82) is 0 Å². The zero-order chi connectivity index (χ0) is 31.8. The van der Waals surface area contributed by atoms with Crippen LogP contribution in [-0.4, -0.2) is 0 Å². The van der Waals surface area contributed by atoms with Crippen LogP contribution in [0.25, 0.3) is 22.3 Å². The number of ether oxygens (including phenoxy) is 1. The van der Waals surface area contributed by atoms with Crippen LogP contribution >= 0.6 is 0 Å². The van der Waals surface area contributed by atoms with Gasteiger partial charge in [-0.1, -0.05) is 36.4 Å². The zero-order valence-electron chi connectivity index (χ0n) is 23.2. The molecule has 0 radical (unpaired) electrons. The van der Waals surface area contributed by atoms with Crippen molar-refractivity contribution in [3.05, 3.63) is 125 Å². The van der Waals surface area contributed by atoms with Gasteiger partial charge in [0.05, 0.1) is 0 Å². The number of rotatable bonds is 7. The van der Waals surface area contributed by atoms with Crippen molar-refractivity contribution in [2.24, 2.45) is 5.92 Å². The number of alkyl halides is 2. The van der Waals surface area contributed by atoms with E-state index in [2.05, 4.69) is 10.8 Å². The Bertz CT molecular complexity index is 1680. The summed E-state index contributed by atoms with van der Waals surface area (Å²) in [6, 6.07) is 9.24. The predicted molar refractivity (Wildman–Crippen MR) is 147 cm³/mol. The third kappa shape index (κ3) is 6.34. The molecule has 1 fully saturated rings. The Morgan fingerprint density at radius 1 is 0.636 bits per heavy atom. The summed E-state index contributed by atoms with van der Waals surface area (Å²) in [6.07, 6.45) is 3.28. The topological polar surface area (TPSA) is 9.23 Å². The van der Waals surface area contributed by atoms with Crippen LogP contribution in [0, 0.1) is 46.6 Å². The van der Waals surface area contributed by atoms with Gasteiger partial charge in [0.15, 0.2) is 17.5 Å². The second-order valence-corrected chi connectivity index (χ2v) is 10.7. The number of hydrogen-bond donors (Lipinski definition) is 0. The van der Waals surface area contributed by atoms with Crippen molar-refractivity contribution in [3.8, 4) is 28.0 Å². The van der Waals surface area contributed by atoms with Gasteiger partial charge in [-0.3, -0.25) is 0 Å². The van der Waals surface area contributed by atoms with Gasteiger partial charge >= 0.3 is 6.11 Å². The molecule has 1 nitrogen and oxygen atoms in total. The standard InChI is InChI=1S/C34H25F9O/c1-2-3-18-4-6-19(7-5-18)20-8-10-24(26(35)12-20)21-9-11-25(27(36)13-21)22-14-28(37)32(29(38)15-22)34(42,43)44-23-16-30(39)33(41)31(40)17-23/h2-3,8-19H,4-7H2,1H3/b3-2+. The van der Waals surface area contributed by atoms with Gasteiger partial charge < -0.3 is 4.74 Å². The molecular weight excluding hydrogens is 595 g/mol. The maximum Gasteiger partial charge on any atom is 0.432 e. The first kappa shape index (κ1) is 31.2. The molecule has 0 bridgehead atoms. The SMILES string of the molecule is C/C=C/C1CCC(c2ccc(-c3ccc(-c4cc(F)c(C(F)(F)Oc5cc(F)c(F)c(F)c5)c(F)c4)c(F)c3)c(F)c2)CC1. The smallest absolute Gasteiger partial charge is 0.429 e. The Balaban J connectivity index is 1.37. The van der Waals surface area contributed by atoms with Gasteiger partial charge in [-0.15, -0.1) is 0 Å². The average molecular weight is 621 g/mol. The Kier molecular flexibility index (Phi) is 8.81. The van der Waals surface area contributed by atoms with Gasteiger partial charge in [0, 0.05) is 23.3 Å². The Morgan fingerprint density at radius 2 is 1.18 bits per heavy atom. The van der Waals surface area contributed by atoms with E-state index in [0.29, 0.717) is 18.1 Å². The van der Waals surface area contributed by atoms with Crippen LogP contribution in [0.4, 0.5) is 39.5 Å².